The maximum absolute atomic E-state index is 5.50. The van der Waals surface area contributed by atoms with Crippen molar-refractivity contribution in [3.05, 3.63) is 24.0 Å². The minimum Gasteiger partial charge on any atom is -0.352 e. The van der Waals surface area contributed by atoms with Gasteiger partial charge in [0.15, 0.2) is 0 Å². The molecule has 0 bridgehead atoms. The zero-order chi connectivity index (χ0) is 13.0. The molecule has 0 fully saturated rings. The molecule has 94 valence electrons. The maximum Gasteiger partial charge on any atom is 0.141 e. The Morgan fingerprint density at radius 1 is 1.24 bits per heavy atom. The van der Waals surface area contributed by atoms with Gasteiger partial charge in [-0.2, -0.15) is 0 Å². The fraction of sp³-hybridized carbons (Fsp3) is 0.538. The lowest BCUT2D eigenvalue weighted by molar-refractivity contribution is 0.303. The van der Waals surface area contributed by atoms with E-state index in [1.54, 1.807) is 11.8 Å². The summed E-state index contributed by atoms with van der Waals surface area (Å²) in [5, 5.41) is 0. The molecule has 1 heterocycles. The molecular formula is C13H20N2S2. The van der Waals surface area contributed by atoms with E-state index < -0.39 is 0 Å². The van der Waals surface area contributed by atoms with Crippen molar-refractivity contribution in [3.63, 3.8) is 0 Å². The Morgan fingerprint density at radius 3 is 2.24 bits per heavy atom. The number of aryl methyl sites for hydroxylation is 1. The second-order valence-electron chi connectivity index (χ2n) is 4.60. The molecule has 0 radical (unpaired) electrons. The molecule has 0 atom stereocenters. The molecule has 0 aromatic carbocycles. The molecule has 0 amide bonds. The van der Waals surface area contributed by atoms with Crippen molar-refractivity contribution in [3.8, 4) is 0 Å². The van der Waals surface area contributed by atoms with Crippen LogP contribution < -0.4 is 0 Å². The SMILES string of the molecule is Cc1ccc(SC(=S)N(C(C)C)C(C)C)cn1. The van der Waals surface area contributed by atoms with Crippen molar-refractivity contribution in [2.24, 2.45) is 0 Å². The summed E-state index contributed by atoms with van der Waals surface area (Å²) >= 11 is 7.12. The molecule has 0 N–H and O–H groups in total. The second kappa shape index (κ2) is 6.36. The Hall–Kier alpha value is -0.610. The highest BCUT2D eigenvalue weighted by molar-refractivity contribution is 8.22. The average molecular weight is 268 g/mol. The molecule has 17 heavy (non-hydrogen) atoms. The molecule has 0 aliphatic heterocycles. The molecule has 0 saturated heterocycles. The van der Waals surface area contributed by atoms with E-state index in [0.29, 0.717) is 12.1 Å². The van der Waals surface area contributed by atoms with Gasteiger partial charge in [0.25, 0.3) is 0 Å². The summed E-state index contributed by atoms with van der Waals surface area (Å²) in [6, 6.07) is 4.93. The van der Waals surface area contributed by atoms with Crippen molar-refractivity contribution in [2.75, 3.05) is 0 Å². The van der Waals surface area contributed by atoms with Crippen molar-refractivity contribution in [1.29, 1.82) is 0 Å². The molecule has 1 rings (SSSR count). The van der Waals surface area contributed by atoms with Gasteiger partial charge in [0.1, 0.15) is 4.32 Å². The Labute approximate surface area is 114 Å². The number of hydrogen-bond donors (Lipinski definition) is 0. The van der Waals surface area contributed by atoms with E-state index in [1.807, 2.05) is 19.2 Å². The molecule has 0 aliphatic rings. The summed E-state index contributed by atoms with van der Waals surface area (Å²) in [5.74, 6) is 0. The Balaban J connectivity index is 2.73. The monoisotopic (exact) mass is 268 g/mol. The summed E-state index contributed by atoms with van der Waals surface area (Å²) in [6.07, 6.45) is 1.88. The number of aromatic nitrogens is 1. The highest BCUT2D eigenvalue weighted by Crippen LogP contribution is 2.23. The third-order valence-electron chi connectivity index (χ3n) is 2.41. The molecule has 2 nitrogen and oxygen atoms in total. The van der Waals surface area contributed by atoms with Crippen LogP contribution in [0, 0.1) is 6.92 Å². The van der Waals surface area contributed by atoms with Crippen molar-refractivity contribution in [2.45, 2.75) is 51.6 Å². The van der Waals surface area contributed by atoms with Crippen LogP contribution in [0.1, 0.15) is 33.4 Å². The zero-order valence-corrected chi connectivity index (χ0v) is 12.7. The third kappa shape index (κ3) is 4.28. The number of pyridine rings is 1. The predicted molar refractivity (Wildman–Crippen MR) is 79.5 cm³/mol. The van der Waals surface area contributed by atoms with Gasteiger partial charge in [-0.25, -0.2) is 0 Å². The summed E-state index contributed by atoms with van der Waals surface area (Å²) in [7, 11) is 0. The van der Waals surface area contributed by atoms with Gasteiger partial charge >= 0.3 is 0 Å². The predicted octanol–water partition coefficient (Wildman–Crippen LogP) is 3.89. The van der Waals surface area contributed by atoms with Gasteiger partial charge in [-0.1, -0.05) is 24.0 Å². The van der Waals surface area contributed by atoms with Crippen molar-refractivity contribution >= 4 is 28.3 Å². The number of rotatable bonds is 3. The topological polar surface area (TPSA) is 16.1 Å². The van der Waals surface area contributed by atoms with Crippen LogP contribution in [0.4, 0.5) is 0 Å². The van der Waals surface area contributed by atoms with Gasteiger partial charge in [0.05, 0.1) is 0 Å². The van der Waals surface area contributed by atoms with Crippen LogP contribution in [0.2, 0.25) is 0 Å². The molecule has 0 unspecified atom stereocenters. The fourth-order valence-corrected chi connectivity index (χ4v) is 3.37. The molecule has 4 heteroatoms. The Kier molecular flexibility index (Phi) is 5.40. The quantitative estimate of drug-likeness (QED) is 0.610. The first kappa shape index (κ1) is 14.5. The normalized spacial score (nSPS) is 11.0. The van der Waals surface area contributed by atoms with Gasteiger partial charge < -0.3 is 4.90 Å². The standard InChI is InChI=1S/C13H20N2S2/c1-9(2)15(10(3)4)13(16)17-12-7-6-11(5)14-8-12/h6-10H,1-5H3. The van der Waals surface area contributed by atoms with Crippen LogP contribution in [0.25, 0.3) is 0 Å². The fourth-order valence-electron chi connectivity index (χ4n) is 1.69. The first-order chi connectivity index (χ1) is 7.91. The summed E-state index contributed by atoms with van der Waals surface area (Å²) in [6.45, 7) is 10.7. The molecule has 1 aromatic heterocycles. The van der Waals surface area contributed by atoms with E-state index in [1.165, 1.54) is 0 Å². The molecule has 0 aliphatic carbocycles. The maximum atomic E-state index is 5.50. The average Bonchev–Trinajstić information content (AvgIpc) is 2.20. The van der Waals surface area contributed by atoms with Gasteiger partial charge in [-0.3, -0.25) is 4.98 Å². The molecule has 0 saturated carbocycles. The highest BCUT2D eigenvalue weighted by atomic mass is 32.2. The highest BCUT2D eigenvalue weighted by Gasteiger charge is 2.17. The van der Waals surface area contributed by atoms with E-state index in [9.17, 15) is 0 Å². The van der Waals surface area contributed by atoms with Gasteiger partial charge in [0, 0.05) is 28.9 Å². The zero-order valence-electron chi connectivity index (χ0n) is 11.1. The van der Waals surface area contributed by atoms with E-state index in [2.05, 4.69) is 43.6 Å². The van der Waals surface area contributed by atoms with Crippen LogP contribution in [-0.2, 0) is 0 Å². The summed E-state index contributed by atoms with van der Waals surface area (Å²) in [4.78, 5) is 7.64. The summed E-state index contributed by atoms with van der Waals surface area (Å²) < 4.78 is 0.917. The largest absolute Gasteiger partial charge is 0.352 e. The number of thioether (sulfide) groups is 1. The molecular weight excluding hydrogens is 248 g/mol. The van der Waals surface area contributed by atoms with Crippen LogP contribution in [0.5, 0.6) is 0 Å². The van der Waals surface area contributed by atoms with Crippen LogP contribution >= 0.6 is 24.0 Å². The third-order valence-corrected chi connectivity index (χ3v) is 3.74. The van der Waals surface area contributed by atoms with E-state index in [4.69, 9.17) is 12.2 Å². The minimum atomic E-state index is 0.424. The number of nitrogens with zero attached hydrogens (tertiary/aromatic N) is 2. The van der Waals surface area contributed by atoms with Crippen molar-refractivity contribution < 1.29 is 0 Å². The van der Waals surface area contributed by atoms with Crippen LogP contribution in [-0.4, -0.2) is 26.3 Å². The Bertz CT molecular complexity index is 364. The van der Waals surface area contributed by atoms with Gasteiger partial charge in [-0.15, -0.1) is 0 Å². The van der Waals surface area contributed by atoms with Crippen LogP contribution in [0.3, 0.4) is 0 Å². The lowest BCUT2D eigenvalue weighted by Gasteiger charge is -2.32. The smallest absolute Gasteiger partial charge is 0.141 e. The van der Waals surface area contributed by atoms with Gasteiger partial charge in [-0.05, 0) is 46.8 Å². The summed E-state index contributed by atoms with van der Waals surface area (Å²) in [5.41, 5.74) is 1.03. The minimum absolute atomic E-state index is 0.424. The molecule has 0 spiro atoms. The van der Waals surface area contributed by atoms with E-state index >= 15 is 0 Å². The first-order valence-corrected chi connectivity index (χ1v) is 7.07. The van der Waals surface area contributed by atoms with E-state index in [0.717, 1.165) is 14.9 Å². The first-order valence-electron chi connectivity index (χ1n) is 5.84. The van der Waals surface area contributed by atoms with Crippen molar-refractivity contribution in [1.82, 2.24) is 9.88 Å². The van der Waals surface area contributed by atoms with Gasteiger partial charge in [0.2, 0.25) is 0 Å². The molecule has 1 aromatic rings. The number of thiocarbonyl (C=S) groups is 1. The lowest BCUT2D eigenvalue weighted by atomic mass is 10.2. The van der Waals surface area contributed by atoms with Crippen LogP contribution in [0.15, 0.2) is 23.2 Å². The second-order valence-corrected chi connectivity index (χ2v) is 6.31. The van der Waals surface area contributed by atoms with E-state index in [-0.39, 0.29) is 0 Å². The Morgan fingerprint density at radius 2 is 1.82 bits per heavy atom. The lowest BCUT2D eigenvalue weighted by Crippen LogP contribution is -2.39. The number of hydrogen-bond acceptors (Lipinski definition) is 3.